The maximum atomic E-state index is 5.35. The van der Waals surface area contributed by atoms with E-state index >= 15 is 0 Å². The van der Waals surface area contributed by atoms with Crippen LogP contribution in [0, 0.1) is 0 Å². The normalized spacial score (nSPS) is 11.5. The summed E-state index contributed by atoms with van der Waals surface area (Å²) in [6.45, 7) is 0. The maximum absolute atomic E-state index is 5.35. The first-order valence-corrected chi connectivity index (χ1v) is 20.1. The molecule has 0 aliphatic rings. The number of benzene rings is 9. The van der Waals surface area contributed by atoms with Crippen LogP contribution in [-0.4, -0.2) is 9.97 Å². The molecule has 57 heavy (non-hydrogen) atoms. The summed E-state index contributed by atoms with van der Waals surface area (Å²) in [5, 5.41) is 7.46. The number of nitrogens with zero attached hydrogens (tertiary/aromatic N) is 2. The summed E-state index contributed by atoms with van der Waals surface area (Å²) in [5.74, 6) is 0.698. The molecule has 2 nitrogen and oxygen atoms in total. The summed E-state index contributed by atoms with van der Waals surface area (Å²) >= 11 is 1.86. The third-order valence-electron chi connectivity index (χ3n) is 11.1. The van der Waals surface area contributed by atoms with Gasteiger partial charge in [-0.1, -0.05) is 170 Å². The monoisotopic (exact) mass is 742 g/mol. The maximum Gasteiger partial charge on any atom is 0.160 e. The number of hydrogen-bond donors (Lipinski definition) is 0. The van der Waals surface area contributed by atoms with Gasteiger partial charge in [0.25, 0.3) is 0 Å². The van der Waals surface area contributed by atoms with Crippen molar-refractivity contribution in [2.45, 2.75) is 0 Å². The highest BCUT2D eigenvalue weighted by atomic mass is 32.1. The van der Waals surface area contributed by atoms with Crippen LogP contribution >= 0.6 is 11.3 Å². The molecule has 0 aliphatic carbocycles. The molecule has 11 rings (SSSR count). The van der Waals surface area contributed by atoms with Gasteiger partial charge in [0.05, 0.1) is 11.4 Å². The highest BCUT2D eigenvalue weighted by Gasteiger charge is 2.18. The molecule has 0 aliphatic heterocycles. The third-order valence-corrected chi connectivity index (χ3v) is 12.3. The number of rotatable bonds is 6. The van der Waals surface area contributed by atoms with Crippen molar-refractivity contribution >= 4 is 53.1 Å². The van der Waals surface area contributed by atoms with Crippen LogP contribution in [0.2, 0.25) is 0 Å². The van der Waals surface area contributed by atoms with E-state index in [9.17, 15) is 0 Å². The molecule has 0 spiro atoms. The molecule has 2 heterocycles. The van der Waals surface area contributed by atoms with Gasteiger partial charge in [0.15, 0.2) is 5.82 Å². The molecule has 266 valence electrons. The van der Waals surface area contributed by atoms with Crippen LogP contribution in [0.4, 0.5) is 0 Å². The largest absolute Gasteiger partial charge is 0.228 e. The van der Waals surface area contributed by atoms with E-state index in [4.69, 9.17) is 9.97 Å². The predicted octanol–water partition coefficient (Wildman–Crippen LogP) is 15.2. The lowest BCUT2D eigenvalue weighted by atomic mass is 9.90. The van der Waals surface area contributed by atoms with Gasteiger partial charge >= 0.3 is 0 Å². The van der Waals surface area contributed by atoms with Crippen LogP contribution in [0.3, 0.4) is 0 Å². The van der Waals surface area contributed by atoms with Gasteiger partial charge in [-0.05, 0) is 91.3 Å². The van der Waals surface area contributed by atoms with E-state index in [1.165, 1.54) is 64.0 Å². The quantitative estimate of drug-likeness (QED) is 0.159. The Bertz CT molecular complexity index is 3290. The molecule has 9 aromatic carbocycles. The van der Waals surface area contributed by atoms with Gasteiger partial charge in [-0.3, -0.25) is 0 Å². The van der Waals surface area contributed by atoms with E-state index < -0.39 is 0 Å². The number of thiophene rings is 1. The van der Waals surface area contributed by atoms with Gasteiger partial charge in [-0.15, -0.1) is 11.3 Å². The summed E-state index contributed by atoms with van der Waals surface area (Å²) in [6.07, 6.45) is 0. The number of fused-ring (bicyclic) bond motifs is 6. The molecule has 0 saturated carbocycles. The fraction of sp³-hybridized carbons (Fsp3) is 0. The Morgan fingerprint density at radius 3 is 1.63 bits per heavy atom. The Morgan fingerprint density at radius 2 is 0.842 bits per heavy atom. The molecule has 0 saturated heterocycles. The Labute approximate surface area is 335 Å². The van der Waals surface area contributed by atoms with Crippen LogP contribution in [0.25, 0.3) is 109 Å². The van der Waals surface area contributed by atoms with Crippen molar-refractivity contribution in [3.05, 3.63) is 206 Å². The molecule has 0 radical (unpaired) electrons. The van der Waals surface area contributed by atoms with Crippen molar-refractivity contribution in [3.63, 3.8) is 0 Å². The van der Waals surface area contributed by atoms with Crippen molar-refractivity contribution < 1.29 is 0 Å². The summed E-state index contributed by atoms with van der Waals surface area (Å²) in [4.78, 5) is 10.6. The zero-order valence-corrected chi connectivity index (χ0v) is 31.7. The molecule has 11 aromatic rings. The van der Waals surface area contributed by atoms with Gasteiger partial charge in [-0.25, -0.2) is 9.97 Å². The van der Waals surface area contributed by atoms with Gasteiger partial charge in [0.1, 0.15) is 0 Å². The number of aromatic nitrogens is 2. The average Bonchev–Trinajstić information content (AvgIpc) is 3.68. The molecule has 3 heteroatoms. The molecule has 0 unspecified atom stereocenters. The molecule has 2 aromatic heterocycles. The first kappa shape index (κ1) is 33.2. The van der Waals surface area contributed by atoms with Crippen molar-refractivity contribution in [3.8, 4) is 67.3 Å². The predicted molar refractivity (Wildman–Crippen MR) is 243 cm³/mol. The van der Waals surface area contributed by atoms with Crippen LogP contribution in [0.5, 0.6) is 0 Å². The first-order chi connectivity index (χ1) is 28.2. The second-order valence-electron chi connectivity index (χ2n) is 14.5. The topological polar surface area (TPSA) is 25.8 Å². The zero-order valence-electron chi connectivity index (χ0n) is 30.9. The van der Waals surface area contributed by atoms with E-state index in [1.807, 2.05) is 17.4 Å². The Kier molecular flexibility index (Phi) is 8.04. The van der Waals surface area contributed by atoms with E-state index in [0.29, 0.717) is 5.82 Å². The second kappa shape index (κ2) is 13.8. The van der Waals surface area contributed by atoms with Crippen molar-refractivity contribution in [2.75, 3.05) is 0 Å². The average molecular weight is 743 g/mol. The Morgan fingerprint density at radius 1 is 0.298 bits per heavy atom. The summed E-state index contributed by atoms with van der Waals surface area (Å²) < 4.78 is 2.58. The fourth-order valence-corrected chi connectivity index (χ4v) is 9.52. The fourth-order valence-electron chi connectivity index (χ4n) is 8.29. The van der Waals surface area contributed by atoms with Gasteiger partial charge < -0.3 is 0 Å². The van der Waals surface area contributed by atoms with Gasteiger partial charge in [-0.2, -0.15) is 0 Å². The molecule has 0 amide bonds. The number of hydrogen-bond acceptors (Lipinski definition) is 3. The minimum absolute atomic E-state index is 0.698. The van der Waals surface area contributed by atoms with Gasteiger partial charge in [0, 0.05) is 36.9 Å². The Hall–Kier alpha value is -7.20. The lowest BCUT2D eigenvalue weighted by Gasteiger charge is -2.16. The van der Waals surface area contributed by atoms with Crippen LogP contribution < -0.4 is 0 Å². The van der Waals surface area contributed by atoms with Crippen LogP contribution in [-0.2, 0) is 0 Å². The Balaban J connectivity index is 1.17. The van der Waals surface area contributed by atoms with E-state index in [1.54, 1.807) is 0 Å². The SMILES string of the molecule is c1ccc(-c2nc(-c3cc(-c4ccccc4-c4ccccc4)cc(-c4cccc5c4sc4ccccc45)c3)cc(-c3ccc4ccc5ccccc5c4c3)n2)cc1. The summed E-state index contributed by atoms with van der Waals surface area (Å²) in [6, 6.07) is 74.1. The molecular weight excluding hydrogens is 709 g/mol. The molecule has 0 bridgehead atoms. The highest BCUT2D eigenvalue weighted by molar-refractivity contribution is 7.26. The van der Waals surface area contributed by atoms with Crippen LogP contribution in [0.15, 0.2) is 206 Å². The summed E-state index contributed by atoms with van der Waals surface area (Å²) in [7, 11) is 0. The lowest BCUT2D eigenvalue weighted by molar-refractivity contribution is 1.18. The minimum atomic E-state index is 0.698. The molecule has 0 fully saturated rings. The lowest BCUT2D eigenvalue weighted by Crippen LogP contribution is -1.97. The standard InChI is InChI=1S/C54H34N2S/c1-3-14-35(15-4-1)43-19-9-10-21-45(43)40-30-41(46-23-13-24-48-47-22-11-12-25-52(47)57-53(46)48)32-42(31-40)51-34-50(55-54(56-51)38-17-5-2-6-18-38)39-29-28-37-27-26-36-16-7-8-20-44(36)49(37)33-39/h1-34H. The third kappa shape index (κ3) is 5.97. The minimum Gasteiger partial charge on any atom is -0.228 e. The molecule has 0 atom stereocenters. The van der Waals surface area contributed by atoms with E-state index in [2.05, 4.69) is 200 Å². The smallest absolute Gasteiger partial charge is 0.160 e. The highest BCUT2D eigenvalue weighted by Crippen LogP contribution is 2.43. The van der Waals surface area contributed by atoms with E-state index in [-0.39, 0.29) is 0 Å². The van der Waals surface area contributed by atoms with E-state index in [0.717, 1.165) is 39.2 Å². The molecule has 0 N–H and O–H groups in total. The zero-order chi connectivity index (χ0) is 37.7. The molecular formula is C54H34N2S. The van der Waals surface area contributed by atoms with Crippen molar-refractivity contribution in [1.82, 2.24) is 9.97 Å². The summed E-state index contributed by atoms with van der Waals surface area (Å²) in [5.41, 5.74) is 11.9. The second-order valence-corrected chi connectivity index (χ2v) is 15.6. The van der Waals surface area contributed by atoms with Crippen molar-refractivity contribution in [1.29, 1.82) is 0 Å². The van der Waals surface area contributed by atoms with Crippen molar-refractivity contribution in [2.24, 2.45) is 0 Å². The van der Waals surface area contributed by atoms with Crippen LogP contribution in [0.1, 0.15) is 0 Å². The first-order valence-electron chi connectivity index (χ1n) is 19.3. The van der Waals surface area contributed by atoms with Gasteiger partial charge in [0.2, 0.25) is 0 Å².